The molecule has 5 nitrogen and oxygen atoms in total. The predicted molar refractivity (Wildman–Crippen MR) is 74.1 cm³/mol. The maximum Gasteiger partial charge on any atom is 0.328 e. The summed E-state index contributed by atoms with van der Waals surface area (Å²) in [7, 11) is 0. The van der Waals surface area contributed by atoms with Crippen molar-refractivity contribution in [1.29, 1.82) is 0 Å². The van der Waals surface area contributed by atoms with Crippen molar-refractivity contribution in [2.24, 2.45) is 0 Å². The lowest BCUT2D eigenvalue weighted by atomic mass is 10.2. The summed E-state index contributed by atoms with van der Waals surface area (Å²) in [6.45, 7) is 7.91. The van der Waals surface area contributed by atoms with Gasteiger partial charge in [-0.15, -0.1) is 0 Å². The number of fused-ring (bicyclic) bond motifs is 1. The average Bonchev–Trinajstić information content (AvgIpc) is 2.65. The maximum atomic E-state index is 10.7. The van der Waals surface area contributed by atoms with Crippen LogP contribution in [0.4, 0.5) is 0 Å². The summed E-state index contributed by atoms with van der Waals surface area (Å²) >= 11 is 0. The van der Waals surface area contributed by atoms with Crippen molar-refractivity contribution >= 4 is 23.1 Å². The molecule has 0 radical (unpaired) electrons. The molecule has 0 aliphatic carbocycles. The van der Waals surface area contributed by atoms with E-state index in [9.17, 15) is 4.79 Å². The molecule has 2 aromatic heterocycles. The van der Waals surface area contributed by atoms with Gasteiger partial charge in [0.2, 0.25) is 0 Å². The molecule has 0 bridgehead atoms. The normalized spacial score (nSPS) is 11.8. The topological polar surface area (TPSA) is 68.0 Å². The molecular weight excluding hydrogens is 242 g/mol. The molecule has 0 saturated heterocycles. The fourth-order valence-corrected chi connectivity index (χ4v) is 2.18. The Balaban J connectivity index is 2.75. The quantitative estimate of drug-likeness (QED) is 0.860. The number of aryl methyl sites for hydroxylation is 2. The molecular formula is C14H17N3O2. The van der Waals surface area contributed by atoms with Crippen molar-refractivity contribution < 1.29 is 9.90 Å². The molecule has 2 aromatic rings. The molecule has 5 heteroatoms. The van der Waals surface area contributed by atoms with E-state index in [2.05, 4.69) is 23.8 Å². The second kappa shape index (κ2) is 4.84. The highest BCUT2D eigenvalue weighted by molar-refractivity contribution is 5.93. The zero-order chi connectivity index (χ0) is 14.2. The lowest BCUT2D eigenvalue weighted by Gasteiger charge is -2.08. The highest BCUT2D eigenvalue weighted by Crippen LogP contribution is 2.26. The minimum Gasteiger partial charge on any atom is -0.478 e. The number of hydrogen-bond donors (Lipinski definition) is 1. The Kier molecular flexibility index (Phi) is 3.38. The number of carbonyl (C=O) groups is 1. The van der Waals surface area contributed by atoms with E-state index in [1.165, 1.54) is 0 Å². The minimum absolute atomic E-state index is 0.253. The molecule has 0 fully saturated rings. The van der Waals surface area contributed by atoms with E-state index >= 15 is 0 Å². The Hall–Kier alpha value is -2.17. The van der Waals surface area contributed by atoms with Gasteiger partial charge in [-0.3, -0.25) is 0 Å². The summed E-state index contributed by atoms with van der Waals surface area (Å²) < 4.78 is 2.04. The van der Waals surface area contributed by atoms with Gasteiger partial charge < -0.3 is 9.67 Å². The van der Waals surface area contributed by atoms with Crippen molar-refractivity contribution in [1.82, 2.24) is 14.5 Å². The van der Waals surface area contributed by atoms with E-state index in [0.717, 1.165) is 34.2 Å². The van der Waals surface area contributed by atoms with Gasteiger partial charge in [0.15, 0.2) is 0 Å². The van der Waals surface area contributed by atoms with Crippen molar-refractivity contribution in [3.8, 4) is 0 Å². The first-order valence-corrected chi connectivity index (χ1v) is 6.17. The zero-order valence-electron chi connectivity index (χ0n) is 11.5. The zero-order valence-corrected chi connectivity index (χ0v) is 11.5. The van der Waals surface area contributed by atoms with Gasteiger partial charge in [0.1, 0.15) is 11.5 Å². The van der Waals surface area contributed by atoms with Gasteiger partial charge in [0.05, 0.1) is 5.69 Å². The van der Waals surface area contributed by atoms with Gasteiger partial charge in [0, 0.05) is 29.3 Å². The van der Waals surface area contributed by atoms with Gasteiger partial charge >= 0.3 is 5.97 Å². The molecule has 0 aliphatic heterocycles. The Morgan fingerprint density at radius 3 is 2.63 bits per heavy atom. The Bertz CT molecular complexity index is 669. The van der Waals surface area contributed by atoms with Crippen LogP contribution in [0.15, 0.2) is 12.3 Å². The number of nitrogens with zero attached hydrogens (tertiary/aromatic N) is 3. The maximum absolute atomic E-state index is 10.7. The fraction of sp³-hybridized carbons (Fsp3) is 0.357. The second-order valence-electron chi connectivity index (χ2n) is 4.81. The highest BCUT2D eigenvalue weighted by Gasteiger charge is 2.14. The molecule has 0 unspecified atom stereocenters. The summed E-state index contributed by atoms with van der Waals surface area (Å²) in [5.74, 6) is -0.241. The van der Waals surface area contributed by atoms with Crippen LogP contribution in [0.25, 0.3) is 17.1 Å². The van der Waals surface area contributed by atoms with Crippen LogP contribution in [0.1, 0.15) is 37.0 Å². The van der Waals surface area contributed by atoms with Crippen LogP contribution in [-0.2, 0) is 4.79 Å². The molecule has 0 aliphatic rings. The van der Waals surface area contributed by atoms with Gasteiger partial charge in [-0.1, -0.05) is 0 Å². The van der Waals surface area contributed by atoms with Gasteiger partial charge in [0.25, 0.3) is 0 Å². The summed E-state index contributed by atoms with van der Waals surface area (Å²) in [5.41, 5.74) is 2.56. The number of aromatic nitrogens is 3. The monoisotopic (exact) mass is 259 g/mol. The average molecular weight is 259 g/mol. The number of carboxylic acids is 1. The van der Waals surface area contributed by atoms with E-state index in [4.69, 9.17) is 5.11 Å². The van der Waals surface area contributed by atoms with E-state index in [0.29, 0.717) is 0 Å². The molecule has 0 aromatic carbocycles. The fourth-order valence-electron chi connectivity index (χ4n) is 2.18. The predicted octanol–water partition coefficient (Wildman–Crippen LogP) is 2.73. The first-order chi connectivity index (χ1) is 8.90. The van der Waals surface area contributed by atoms with E-state index in [1.807, 2.05) is 24.6 Å². The van der Waals surface area contributed by atoms with Crippen LogP contribution in [-0.4, -0.2) is 25.6 Å². The number of rotatable bonds is 3. The third kappa shape index (κ3) is 2.50. The van der Waals surface area contributed by atoms with Gasteiger partial charge in [-0.05, 0) is 33.8 Å². The van der Waals surface area contributed by atoms with E-state index in [-0.39, 0.29) is 6.04 Å². The third-order valence-corrected chi connectivity index (χ3v) is 2.96. The Morgan fingerprint density at radius 1 is 1.37 bits per heavy atom. The van der Waals surface area contributed by atoms with E-state index < -0.39 is 5.97 Å². The lowest BCUT2D eigenvalue weighted by Crippen LogP contribution is -2.01. The largest absolute Gasteiger partial charge is 0.478 e. The molecule has 0 spiro atoms. The third-order valence-electron chi connectivity index (χ3n) is 2.96. The van der Waals surface area contributed by atoms with Crippen molar-refractivity contribution in [2.75, 3.05) is 0 Å². The van der Waals surface area contributed by atoms with Crippen molar-refractivity contribution in [3.63, 3.8) is 0 Å². The van der Waals surface area contributed by atoms with Crippen LogP contribution < -0.4 is 0 Å². The molecule has 1 N–H and O–H groups in total. The lowest BCUT2D eigenvalue weighted by molar-refractivity contribution is -0.131. The molecule has 19 heavy (non-hydrogen) atoms. The summed E-state index contributed by atoms with van der Waals surface area (Å²) in [6, 6.07) is 0.253. The van der Waals surface area contributed by atoms with Crippen LogP contribution in [0, 0.1) is 13.8 Å². The van der Waals surface area contributed by atoms with Crippen molar-refractivity contribution in [3.05, 3.63) is 29.4 Å². The van der Waals surface area contributed by atoms with Crippen LogP contribution in [0.2, 0.25) is 0 Å². The standard InChI is InChI=1S/C14H17N3O2/c1-8(2)17-7-11(5-6-12(18)19)13-9(3)15-10(4)16-14(13)17/h5-8H,1-4H3,(H,18,19)/b6-5+. The Labute approximate surface area is 111 Å². The van der Waals surface area contributed by atoms with Crippen molar-refractivity contribution in [2.45, 2.75) is 33.7 Å². The van der Waals surface area contributed by atoms with Gasteiger partial charge in [-0.25, -0.2) is 14.8 Å². The molecule has 0 amide bonds. The number of carboxylic acid groups (broad SMARTS) is 1. The number of hydrogen-bond acceptors (Lipinski definition) is 3. The molecule has 2 rings (SSSR count). The first kappa shape index (κ1) is 13.3. The highest BCUT2D eigenvalue weighted by atomic mass is 16.4. The molecule has 100 valence electrons. The summed E-state index contributed by atoms with van der Waals surface area (Å²) in [5, 5.41) is 9.67. The van der Waals surface area contributed by atoms with Crippen LogP contribution in [0.5, 0.6) is 0 Å². The Morgan fingerprint density at radius 2 is 2.05 bits per heavy atom. The van der Waals surface area contributed by atoms with Gasteiger partial charge in [-0.2, -0.15) is 0 Å². The minimum atomic E-state index is -0.962. The smallest absolute Gasteiger partial charge is 0.328 e. The first-order valence-electron chi connectivity index (χ1n) is 6.17. The SMILES string of the molecule is Cc1nc(C)c2c(/C=C/C(=O)O)cn(C(C)C)c2n1. The second-order valence-corrected chi connectivity index (χ2v) is 4.81. The molecule has 0 saturated carbocycles. The van der Waals surface area contributed by atoms with Crippen LogP contribution in [0.3, 0.4) is 0 Å². The van der Waals surface area contributed by atoms with Crippen LogP contribution >= 0.6 is 0 Å². The summed E-state index contributed by atoms with van der Waals surface area (Å²) in [4.78, 5) is 19.5. The number of aliphatic carboxylic acids is 1. The molecule has 0 atom stereocenters. The summed E-state index contributed by atoms with van der Waals surface area (Å²) in [6.07, 6.45) is 4.66. The van der Waals surface area contributed by atoms with E-state index in [1.54, 1.807) is 6.08 Å². The molecule has 2 heterocycles.